The average Bonchev–Trinajstić information content (AvgIpc) is 2.74. The van der Waals surface area contributed by atoms with Crippen molar-refractivity contribution >= 4 is 62.1 Å². The van der Waals surface area contributed by atoms with Crippen LogP contribution in [0.1, 0.15) is 0 Å². The van der Waals surface area contributed by atoms with Crippen LogP contribution in [0.2, 0.25) is 15.1 Å². The molecule has 0 bridgehead atoms. The van der Waals surface area contributed by atoms with E-state index in [1.54, 1.807) is 30.3 Å². The van der Waals surface area contributed by atoms with Crippen LogP contribution in [0.15, 0.2) is 65.6 Å². The quantitative estimate of drug-likeness (QED) is 0.415. The number of carbonyl (C=O) groups is 1. The molecule has 0 atom stereocenters. The van der Waals surface area contributed by atoms with Crippen molar-refractivity contribution < 1.29 is 22.7 Å². The number of hydrogen-bond acceptors (Lipinski definition) is 5. The van der Waals surface area contributed by atoms with Crippen molar-refractivity contribution in [2.45, 2.75) is 4.90 Å². The summed E-state index contributed by atoms with van der Waals surface area (Å²) < 4.78 is 38.2. The first kappa shape index (κ1) is 24.0. The third kappa shape index (κ3) is 6.20. The fraction of sp³-hybridized carbons (Fsp3) is 0.0952. The summed E-state index contributed by atoms with van der Waals surface area (Å²) in [7, 11) is -2.42. The lowest BCUT2D eigenvalue weighted by molar-refractivity contribution is -0.118. The summed E-state index contributed by atoms with van der Waals surface area (Å²) in [5.74, 6) is 0.0941. The third-order valence-electron chi connectivity index (χ3n) is 4.10. The first-order valence-corrected chi connectivity index (χ1v) is 11.6. The summed E-state index contributed by atoms with van der Waals surface area (Å²) in [4.78, 5) is 12.2. The van der Waals surface area contributed by atoms with Crippen molar-refractivity contribution in [1.82, 2.24) is 0 Å². The molecule has 3 aromatic carbocycles. The zero-order valence-electron chi connectivity index (χ0n) is 16.6. The van der Waals surface area contributed by atoms with Crippen LogP contribution in [-0.4, -0.2) is 28.0 Å². The number of amides is 1. The maximum Gasteiger partial charge on any atom is 0.262 e. The van der Waals surface area contributed by atoms with Gasteiger partial charge >= 0.3 is 0 Å². The van der Waals surface area contributed by atoms with Crippen LogP contribution >= 0.6 is 34.8 Å². The second kappa shape index (κ2) is 10.3. The summed E-state index contributed by atoms with van der Waals surface area (Å²) in [6.07, 6.45) is 0. The van der Waals surface area contributed by atoms with Crippen molar-refractivity contribution in [3.8, 4) is 11.5 Å². The predicted molar refractivity (Wildman–Crippen MR) is 126 cm³/mol. The Hall–Kier alpha value is -2.65. The molecule has 1 amide bonds. The van der Waals surface area contributed by atoms with Crippen molar-refractivity contribution in [3.63, 3.8) is 0 Å². The molecule has 2 N–H and O–H groups in total. The van der Waals surface area contributed by atoms with Gasteiger partial charge in [0.25, 0.3) is 15.9 Å². The Balaban J connectivity index is 1.65. The molecule has 0 aliphatic rings. The van der Waals surface area contributed by atoms with Crippen molar-refractivity contribution in [2.75, 3.05) is 23.8 Å². The summed E-state index contributed by atoms with van der Waals surface area (Å²) in [5, 5.41) is 3.56. The lowest BCUT2D eigenvalue weighted by atomic mass is 10.3. The number of rotatable bonds is 8. The van der Waals surface area contributed by atoms with Gasteiger partial charge in [0.2, 0.25) is 0 Å². The maximum absolute atomic E-state index is 12.6. The molecule has 0 aliphatic heterocycles. The number of anilines is 2. The molecular formula is C21H17Cl3N2O5S. The molecule has 0 saturated carbocycles. The first-order chi connectivity index (χ1) is 15.2. The Bertz CT molecular complexity index is 1230. The molecule has 168 valence electrons. The van der Waals surface area contributed by atoms with Gasteiger partial charge in [0.05, 0.1) is 22.7 Å². The highest BCUT2D eigenvalue weighted by Crippen LogP contribution is 2.30. The lowest BCUT2D eigenvalue weighted by Crippen LogP contribution is -2.20. The zero-order valence-corrected chi connectivity index (χ0v) is 19.6. The minimum atomic E-state index is -3.89. The van der Waals surface area contributed by atoms with Gasteiger partial charge in [-0.2, -0.15) is 0 Å². The monoisotopic (exact) mass is 514 g/mol. The SMILES string of the molecule is COc1ccc(Cl)cc1NC(=O)COc1ccc(S(=O)(=O)Nc2ccc(Cl)cc2)cc1Cl. The first-order valence-electron chi connectivity index (χ1n) is 9.02. The van der Waals surface area contributed by atoms with E-state index >= 15 is 0 Å². The largest absolute Gasteiger partial charge is 0.495 e. The van der Waals surface area contributed by atoms with Gasteiger partial charge < -0.3 is 14.8 Å². The fourth-order valence-corrected chi connectivity index (χ4v) is 4.29. The molecule has 0 radical (unpaired) electrons. The van der Waals surface area contributed by atoms with Gasteiger partial charge in [-0.1, -0.05) is 34.8 Å². The summed E-state index contributed by atoms with van der Waals surface area (Å²) in [6.45, 7) is -0.371. The predicted octanol–water partition coefficient (Wildman–Crippen LogP) is 5.47. The molecule has 0 aliphatic carbocycles. The molecule has 11 heteroatoms. The summed E-state index contributed by atoms with van der Waals surface area (Å²) in [6, 6.07) is 14.9. The van der Waals surface area contributed by atoms with Crippen LogP contribution in [0.4, 0.5) is 11.4 Å². The minimum Gasteiger partial charge on any atom is -0.495 e. The van der Waals surface area contributed by atoms with Crippen molar-refractivity contribution in [3.05, 3.63) is 75.7 Å². The highest BCUT2D eigenvalue weighted by molar-refractivity contribution is 7.92. The Morgan fingerprint density at radius 1 is 0.906 bits per heavy atom. The van der Waals surface area contributed by atoms with E-state index < -0.39 is 15.9 Å². The van der Waals surface area contributed by atoms with Crippen LogP contribution in [0, 0.1) is 0 Å². The van der Waals surface area contributed by atoms with Gasteiger partial charge in [-0.05, 0) is 60.7 Å². The Kier molecular flexibility index (Phi) is 7.73. The number of ether oxygens (including phenoxy) is 2. The van der Waals surface area contributed by atoms with Gasteiger partial charge in [0, 0.05) is 15.7 Å². The number of carbonyl (C=O) groups excluding carboxylic acids is 1. The van der Waals surface area contributed by atoms with Crippen molar-refractivity contribution in [2.24, 2.45) is 0 Å². The van der Waals surface area contributed by atoms with Gasteiger partial charge in [-0.25, -0.2) is 8.42 Å². The molecule has 0 aromatic heterocycles. The number of nitrogens with one attached hydrogen (secondary N) is 2. The third-order valence-corrected chi connectivity index (χ3v) is 6.27. The molecule has 0 spiro atoms. The molecule has 0 unspecified atom stereocenters. The molecule has 0 heterocycles. The minimum absolute atomic E-state index is 0.0251. The standard InChI is InChI=1S/C21H17Cl3N2O5S/c1-30-20-8-4-14(23)10-18(20)25-21(27)12-31-19-9-7-16(11-17(19)24)32(28,29)26-15-5-2-13(22)3-6-15/h2-11,26H,12H2,1H3,(H,25,27). The van der Waals surface area contributed by atoms with Gasteiger partial charge in [0.15, 0.2) is 6.61 Å². The van der Waals surface area contributed by atoms with Crippen molar-refractivity contribution in [1.29, 1.82) is 0 Å². The molecule has 0 fully saturated rings. The molecule has 0 saturated heterocycles. The van der Waals surface area contributed by atoms with E-state index in [2.05, 4.69) is 10.0 Å². The zero-order chi connectivity index (χ0) is 23.3. The van der Waals surface area contributed by atoms with Gasteiger partial charge in [-0.3, -0.25) is 9.52 Å². The number of hydrogen-bond donors (Lipinski definition) is 2. The fourth-order valence-electron chi connectivity index (χ4n) is 2.61. The summed E-state index contributed by atoms with van der Waals surface area (Å²) in [5.41, 5.74) is 0.730. The second-order valence-electron chi connectivity index (χ2n) is 6.39. The van der Waals surface area contributed by atoms with Crippen LogP contribution in [0.5, 0.6) is 11.5 Å². The van der Waals surface area contributed by atoms with Crippen LogP contribution < -0.4 is 19.5 Å². The van der Waals surface area contributed by atoms with Crippen LogP contribution in [0.25, 0.3) is 0 Å². The topological polar surface area (TPSA) is 93.7 Å². The second-order valence-corrected chi connectivity index (χ2v) is 9.35. The highest BCUT2D eigenvalue weighted by Gasteiger charge is 2.17. The molecular weight excluding hydrogens is 499 g/mol. The summed E-state index contributed by atoms with van der Waals surface area (Å²) >= 11 is 17.9. The number of halogens is 3. The van der Waals surface area contributed by atoms with E-state index in [9.17, 15) is 13.2 Å². The number of sulfonamides is 1. The highest BCUT2D eigenvalue weighted by atomic mass is 35.5. The van der Waals surface area contributed by atoms with E-state index in [4.69, 9.17) is 44.3 Å². The van der Waals surface area contributed by atoms with Crippen LogP contribution in [-0.2, 0) is 14.8 Å². The van der Waals surface area contributed by atoms with E-state index in [1.807, 2.05) is 0 Å². The van der Waals surface area contributed by atoms with Crippen LogP contribution in [0.3, 0.4) is 0 Å². The normalized spacial score (nSPS) is 11.0. The number of benzene rings is 3. The Morgan fingerprint density at radius 3 is 2.22 bits per heavy atom. The molecule has 3 aromatic rings. The van der Waals surface area contributed by atoms with E-state index in [1.165, 1.54) is 37.4 Å². The molecule has 3 rings (SSSR count). The van der Waals surface area contributed by atoms with Gasteiger partial charge in [-0.15, -0.1) is 0 Å². The van der Waals surface area contributed by atoms with Gasteiger partial charge in [0.1, 0.15) is 11.5 Å². The van der Waals surface area contributed by atoms with E-state index in [-0.39, 0.29) is 22.3 Å². The lowest BCUT2D eigenvalue weighted by Gasteiger charge is -2.13. The smallest absolute Gasteiger partial charge is 0.262 e. The molecule has 32 heavy (non-hydrogen) atoms. The van der Waals surface area contributed by atoms with E-state index in [0.717, 1.165) is 0 Å². The Labute approximate surface area is 200 Å². The Morgan fingerprint density at radius 2 is 1.56 bits per heavy atom. The molecule has 7 nitrogen and oxygen atoms in total. The maximum atomic E-state index is 12.6. The average molecular weight is 516 g/mol. The van der Waals surface area contributed by atoms with E-state index in [0.29, 0.717) is 27.2 Å². The number of methoxy groups -OCH3 is 1.